The molecule has 0 fully saturated rings. The predicted molar refractivity (Wildman–Crippen MR) is 38.7 cm³/mol. The molecule has 0 aliphatic carbocycles. The van der Waals surface area contributed by atoms with Gasteiger partial charge in [0.1, 0.15) is 17.6 Å². The van der Waals surface area contributed by atoms with Crippen LogP contribution < -0.4 is 0 Å². The van der Waals surface area contributed by atoms with Gasteiger partial charge in [0.25, 0.3) is 0 Å². The lowest BCUT2D eigenvalue weighted by Crippen LogP contribution is -1.85. The molecule has 0 radical (unpaired) electrons. The zero-order valence-corrected chi connectivity index (χ0v) is 6.29. The molecule has 0 saturated heterocycles. The number of aryl methyl sites for hydroxylation is 1. The fourth-order valence-electron chi connectivity index (χ4n) is 0.809. The van der Waals surface area contributed by atoms with Crippen molar-refractivity contribution >= 4 is 0 Å². The van der Waals surface area contributed by atoms with Crippen molar-refractivity contribution in [3.8, 4) is 0 Å². The summed E-state index contributed by atoms with van der Waals surface area (Å²) in [6, 6.07) is 3.70. The Labute approximate surface area is 60.5 Å². The Morgan fingerprint density at radius 2 is 2.30 bits per heavy atom. The summed E-state index contributed by atoms with van der Waals surface area (Å²) in [4.78, 5) is 0. The van der Waals surface area contributed by atoms with E-state index in [9.17, 15) is 0 Å². The van der Waals surface area contributed by atoms with Crippen LogP contribution in [0.25, 0.3) is 0 Å². The topological polar surface area (TPSA) is 33.4 Å². The quantitative estimate of drug-likeness (QED) is 0.680. The van der Waals surface area contributed by atoms with Gasteiger partial charge in [0.15, 0.2) is 0 Å². The van der Waals surface area contributed by atoms with E-state index >= 15 is 0 Å². The molecular weight excluding hydrogens is 128 g/mol. The molecule has 2 heteroatoms. The Hall–Kier alpha value is -0.760. The maximum atomic E-state index is 9.04. The summed E-state index contributed by atoms with van der Waals surface area (Å²) >= 11 is 0. The molecule has 0 amide bonds. The van der Waals surface area contributed by atoms with Crippen LogP contribution in [0.15, 0.2) is 16.5 Å². The Morgan fingerprint density at radius 1 is 1.60 bits per heavy atom. The fourth-order valence-corrected chi connectivity index (χ4v) is 0.809. The summed E-state index contributed by atoms with van der Waals surface area (Å²) in [6.07, 6.45) is 0.396. The maximum Gasteiger partial charge on any atom is 0.132 e. The molecular formula is C8H12O2. The fraction of sp³-hybridized carbons (Fsp3) is 0.500. The highest BCUT2D eigenvalue weighted by molar-refractivity contribution is 5.08. The zero-order valence-electron chi connectivity index (χ0n) is 6.29. The van der Waals surface area contributed by atoms with Crippen LogP contribution in [-0.4, -0.2) is 5.11 Å². The summed E-state index contributed by atoms with van der Waals surface area (Å²) in [5, 5.41) is 9.04. The van der Waals surface area contributed by atoms with Crippen molar-refractivity contribution in [2.45, 2.75) is 26.4 Å². The molecule has 1 N–H and O–H groups in total. The normalized spacial score (nSPS) is 13.5. The second kappa shape index (κ2) is 2.88. The van der Waals surface area contributed by atoms with Gasteiger partial charge in [0.2, 0.25) is 0 Å². The molecule has 0 unspecified atom stereocenters. The number of furan rings is 1. The van der Waals surface area contributed by atoms with E-state index < -0.39 is 6.10 Å². The molecule has 0 aliphatic rings. The Balaban J connectivity index is 2.78. The van der Waals surface area contributed by atoms with Crippen molar-refractivity contribution < 1.29 is 9.52 Å². The van der Waals surface area contributed by atoms with Crippen LogP contribution in [0.5, 0.6) is 0 Å². The third-order valence-electron chi connectivity index (χ3n) is 1.44. The summed E-state index contributed by atoms with van der Waals surface area (Å²) in [7, 11) is 0. The van der Waals surface area contributed by atoms with Crippen LogP contribution in [0.1, 0.15) is 31.5 Å². The van der Waals surface area contributed by atoms with E-state index in [-0.39, 0.29) is 0 Å². The van der Waals surface area contributed by atoms with E-state index in [0.717, 1.165) is 12.2 Å². The van der Waals surface area contributed by atoms with Crippen LogP contribution >= 0.6 is 0 Å². The van der Waals surface area contributed by atoms with Gasteiger partial charge in [-0.25, -0.2) is 0 Å². The number of hydrogen-bond donors (Lipinski definition) is 1. The van der Waals surface area contributed by atoms with E-state index in [1.165, 1.54) is 0 Å². The van der Waals surface area contributed by atoms with Gasteiger partial charge >= 0.3 is 0 Å². The minimum absolute atomic E-state index is 0.486. The smallest absolute Gasteiger partial charge is 0.132 e. The predicted octanol–water partition coefficient (Wildman–Crippen LogP) is 1.90. The van der Waals surface area contributed by atoms with E-state index in [0.29, 0.717) is 5.76 Å². The highest BCUT2D eigenvalue weighted by atomic mass is 16.4. The molecule has 1 aromatic rings. The van der Waals surface area contributed by atoms with Gasteiger partial charge in [0, 0.05) is 6.42 Å². The van der Waals surface area contributed by atoms with Crippen molar-refractivity contribution in [1.82, 2.24) is 0 Å². The van der Waals surface area contributed by atoms with Gasteiger partial charge < -0.3 is 9.52 Å². The van der Waals surface area contributed by atoms with Gasteiger partial charge in [-0.2, -0.15) is 0 Å². The highest BCUT2D eigenvalue weighted by Crippen LogP contribution is 2.15. The number of rotatable bonds is 2. The van der Waals surface area contributed by atoms with E-state index in [1.807, 2.05) is 19.1 Å². The molecule has 10 heavy (non-hydrogen) atoms. The highest BCUT2D eigenvalue weighted by Gasteiger charge is 2.04. The molecule has 56 valence electrons. The molecule has 0 aliphatic heterocycles. The van der Waals surface area contributed by atoms with Crippen LogP contribution in [0.4, 0.5) is 0 Å². The van der Waals surface area contributed by atoms with E-state index in [2.05, 4.69) is 0 Å². The molecule has 1 aromatic heterocycles. The van der Waals surface area contributed by atoms with Gasteiger partial charge in [0.05, 0.1) is 0 Å². The molecule has 1 heterocycles. The van der Waals surface area contributed by atoms with Crippen molar-refractivity contribution in [3.63, 3.8) is 0 Å². The minimum Gasteiger partial charge on any atom is -0.463 e. The zero-order chi connectivity index (χ0) is 7.56. The third kappa shape index (κ3) is 1.39. The standard InChI is InChI=1S/C8H12O2/c1-3-7-4-5-8(10-7)6(2)9/h4-6,9H,3H2,1-2H3/t6-/m0/s1. The van der Waals surface area contributed by atoms with Crippen molar-refractivity contribution in [2.24, 2.45) is 0 Å². The average Bonchev–Trinajstić information content (AvgIpc) is 2.34. The van der Waals surface area contributed by atoms with Crippen LogP contribution in [0.2, 0.25) is 0 Å². The summed E-state index contributed by atoms with van der Waals surface area (Å²) in [5.74, 6) is 1.58. The Kier molecular flexibility index (Phi) is 2.12. The number of aliphatic hydroxyl groups is 1. The van der Waals surface area contributed by atoms with Crippen LogP contribution in [-0.2, 0) is 6.42 Å². The SMILES string of the molecule is CCc1ccc([C@H](C)O)o1. The second-order valence-electron chi connectivity index (χ2n) is 2.33. The lowest BCUT2D eigenvalue weighted by molar-refractivity contribution is 0.167. The van der Waals surface area contributed by atoms with Gasteiger partial charge in [-0.3, -0.25) is 0 Å². The molecule has 0 aromatic carbocycles. The van der Waals surface area contributed by atoms with Gasteiger partial charge in [-0.05, 0) is 19.1 Å². The van der Waals surface area contributed by atoms with Gasteiger partial charge in [-0.1, -0.05) is 6.92 Å². The van der Waals surface area contributed by atoms with E-state index in [4.69, 9.17) is 9.52 Å². The van der Waals surface area contributed by atoms with Crippen molar-refractivity contribution in [2.75, 3.05) is 0 Å². The lowest BCUT2D eigenvalue weighted by Gasteiger charge is -1.96. The summed E-state index contributed by atoms with van der Waals surface area (Å²) in [6.45, 7) is 3.71. The molecule has 1 atom stereocenters. The van der Waals surface area contributed by atoms with Gasteiger partial charge in [-0.15, -0.1) is 0 Å². The average molecular weight is 140 g/mol. The first-order valence-corrected chi connectivity index (χ1v) is 3.50. The molecule has 0 saturated carbocycles. The molecule has 1 rings (SSSR count). The maximum absolute atomic E-state index is 9.04. The van der Waals surface area contributed by atoms with Crippen LogP contribution in [0, 0.1) is 0 Å². The minimum atomic E-state index is -0.486. The second-order valence-corrected chi connectivity index (χ2v) is 2.33. The monoisotopic (exact) mass is 140 g/mol. The van der Waals surface area contributed by atoms with Crippen molar-refractivity contribution in [1.29, 1.82) is 0 Å². The Morgan fingerprint density at radius 3 is 2.60 bits per heavy atom. The van der Waals surface area contributed by atoms with E-state index in [1.54, 1.807) is 6.92 Å². The molecule has 2 nitrogen and oxygen atoms in total. The first kappa shape index (κ1) is 7.35. The summed E-state index contributed by atoms with van der Waals surface area (Å²) < 4.78 is 5.24. The number of hydrogen-bond acceptors (Lipinski definition) is 2. The van der Waals surface area contributed by atoms with Crippen molar-refractivity contribution in [3.05, 3.63) is 23.7 Å². The largest absolute Gasteiger partial charge is 0.463 e. The molecule has 0 spiro atoms. The third-order valence-corrected chi connectivity index (χ3v) is 1.44. The molecule has 0 bridgehead atoms. The lowest BCUT2D eigenvalue weighted by atomic mass is 10.3. The first-order chi connectivity index (χ1) is 4.74. The summed E-state index contributed by atoms with van der Waals surface area (Å²) in [5.41, 5.74) is 0. The number of aliphatic hydroxyl groups excluding tert-OH is 1. The Bertz CT molecular complexity index is 201. The van der Waals surface area contributed by atoms with Crippen LogP contribution in [0.3, 0.4) is 0 Å². The first-order valence-electron chi connectivity index (χ1n) is 3.50.